The molecule has 1 unspecified atom stereocenters. The largest absolute Gasteiger partial charge is 0.394 e. The van der Waals surface area contributed by atoms with E-state index in [0.29, 0.717) is 43.4 Å². The molecule has 10 rings (SSSR count). The molecule has 4 aliphatic carbocycles. The molecule has 17 N–H and O–H groups in total. The average Bonchev–Trinajstić information content (AvgIpc) is 1.64. The van der Waals surface area contributed by atoms with E-state index in [1.165, 1.54) is 6.92 Å². The molecule has 10 aliphatic rings. The van der Waals surface area contributed by atoms with Gasteiger partial charge in [-0.15, -0.1) is 0 Å². The Bertz CT molecular complexity index is 2170. The third-order valence-electron chi connectivity index (χ3n) is 22.2. The summed E-state index contributed by atoms with van der Waals surface area (Å²) in [5, 5.41) is 182. The van der Waals surface area contributed by atoms with Gasteiger partial charge >= 0.3 is 0 Å². The van der Waals surface area contributed by atoms with Crippen LogP contribution in [0.2, 0.25) is 0 Å². The predicted molar refractivity (Wildman–Crippen MR) is 283 cm³/mol. The Hall–Kier alpha value is -1.12. The Morgan fingerprint density at radius 2 is 1.01 bits per heavy atom. The van der Waals surface area contributed by atoms with Crippen LogP contribution in [-0.4, -0.2) is 291 Å². The van der Waals surface area contributed by atoms with Gasteiger partial charge in [-0.2, -0.15) is 0 Å². The molecule has 85 heavy (non-hydrogen) atoms. The molecule has 28 nitrogen and oxygen atoms in total. The Labute approximate surface area is 493 Å². The number of aliphatic hydroxyl groups excluding tert-OH is 16. The van der Waals surface area contributed by atoms with E-state index in [-0.39, 0.29) is 47.2 Å². The van der Waals surface area contributed by atoms with E-state index in [1.807, 2.05) is 6.92 Å². The van der Waals surface area contributed by atoms with Gasteiger partial charge in [-0.05, 0) is 111 Å². The van der Waals surface area contributed by atoms with Gasteiger partial charge in [-0.3, -0.25) is 0 Å². The SMILES string of the molecule is CC(CC[C@@]1(O)O[C@H]2C[C@H]3[C@@H]4CC[C@@H]5C[C@@H](O[C@@H]6O[C@H](CO[C@@H]7O[C@H](CO)[C@@H](O)[C@H](O)[C@H]7O)[C@@H](O[C@@H]7O[C@@H](C)[C@@H](O)[C@@H](O)[C@H]7O)[C@H](O)[C@H]6O[C@@H]6O[C@H](CO)[C@@H](O)[C@H](O)[C@H]6O)CC[C@]5(C)[C@H]4CC[C@]3(C)[C@H]2[C@@H]1C)CO[C@@H]1O[C@H](CO)[C@H](O)[C@H](O)[C@H]1O. The number of aliphatic hydroxyl groups is 17. The van der Waals surface area contributed by atoms with Crippen LogP contribution in [0.25, 0.3) is 0 Å². The molecule has 0 spiro atoms. The molecule has 4 saturated carbocycles. The highest BCUT2D eigenvalue weighted by atomic mass is 16.8. The monoisotopic (exact) mass is 1230 g/mol. The van der Waals surface area contributed by atoms with Crippen LogP contribution >= 0.6 is 0 Å². The van der Waals surface area contributed by atoms with E-state index in [1.54, 1.807) is 0 Å². The Morgan fingerprint density at radius 3 is 1.61 bits per heavy atom. The molecule has 0 radical (unpaired) electrons. The van der Waals surface area contributed by atoms with Gasteiger partial charge in [0.15, 0.2) is 37.2 Å². The van der Waals surface area contributed by atoms with Crippen LogP contribution < -0.4 is 0 Å². The van der Waals surface area contributed by atoms with Crippen LogP contribution in [0.3, 0.4) is 0 Å². The number of rotatable bonds is 18. The van der Waals surface area contributed by atoms with E-state index < -0.39 is 192 Å². The zero-order valence-electron chi connectivity index (χ0n) is 48.8. The second kappa shape index (κ2) is 26.5. The first-order valence-corrected chi connectivity index (χ1v) is 30.7. The first kappa shape index (κ1) is 66.8. The maximum absolute atomic E-state index is 12.5. The second-order valence-electron chi connectivity index (χ2n) is 27.1. The maximum atomic E-state index is 12.5. The first-order valence-electron chi connectivity index (χ1n) is 30.7. The fourth-order valence-electron chi connectivity index (χ4n) is 17.0. The highest BCUT2D eigenvalue weighted by Crippen LogP contribution is 2.71. The van der Waals surface area contributed by atoms with Crippen LogP contribution in [0.4, 0.5) is 0 Å². The third kappa shape index (κ3) is 12.4. The van der Waals surface area contributed by atoms with E-state index in [9.17, 15) is 86.8 Å². The van der Waals surface area contributed by atoms with Gasteiger partial charge in [-0.1, -0.05) is 27.7 Å². The molecule has 0 amide bonds. The Balaban J connectivity index is 0.826. The van der Waals surface area contributed by atoms with Gasteiger partial charge in [0.2, 0.25) is 0 Å². The fourth-order valence-corrected chi connectivity index (χ4v) is 17.0. The lowest BCUT2D eigenvalue weighted by molar-refractivity contribution is -0.395. The molecule has 0 aromatic rings. The third-order valence-corrected chi connectivity index (χ3v) is 22.2. The van der Waals surface area contributed by atoms with Crippen molar-refractivity contribution < 1.29 is 139 Å². The smallest absolute Gasteiger partial charge is 0.187 e. The molecule has 10 fully saturated rings. The molecule has 28 heteroatoms. The molecule has 0 aromatic heterocycles. The summed E-state index contributed by atoms with van der Waals surface area (Å²) < 4.78 is 67.0. The molecule has 6 aliphatic heterocycles. The summed E-state index contributed by atoms with van der Waals surface area (Å²) in [6, 6.07) is 0. The second-order valence-corrected chi connectivity index (χ2v) is 27.1. The quantitative estimate of drug-likeness (QED) is 0.0571. The minimum Gasteiger partial charge on any atom is -0.394 e. The summed E-state index contributed by atoms with van der Waals surface area (Å²) in [5.41, 5.74) is -0.212. The minimum absolute atomic E-state index is 0.0999. The van der Waals surface area contributed by atoms with E-state index in [4.69, 9.17) is 52.1 Å². The van der Waals surface area contributed by atoms with E-state index in [0.717, 1.165) is 38.5 Å². The van der Waals surface area contributed by atoms with E-state index >= 15 is 0 Å². The van der Waals surface area contributed by atoms with Crippen LogP contribution in [0, 0.1) is 52.3 Å². The number of hydrogen-bond acceptors (Lipinski definition) is 28. The molecule has 6 heterocycles. The predicted octanol–water partition coefficient (Wildman–Crippen LogP) is -5.10. The van der Waals surface area contributed by atoms with Gasteiger partial charge in [-0.25, -0.2) is 0 Å². The van der Waals surface area contributed by atoms with Crippen LogP contribution in [0.1, 0.15) is 98.8 Å². The number of fused-ring (bicyclic) bond motifs is 7. The molecular formula is C57H96O28. The first-order chi connectivity index (χ1) is 40.2. The summed E-state index contributed by atoms with van der Waals surface area (Å²) in [4.78, 5) is 0. The van der Waals surface area contributed by atoms with E-state index in [2.05, 4.69) is 20.8 Å². The number of hydrogen-bond donors (Lipinski definition) is 17. The molecule has 37 atom stereocenters. The highest BCUT2D eigenvalue weighted by Gasteiger charge is 2.69. The Kier molecular flexibility index (Phi) is 20.8. The Morgan fingerprint density at radius 1 is 0.494 bits per heavy atom. The van der Waals surface area contributed by atoms with Gasteiger partial charge in [0.05, 0.1) is 51.3 Å². The van der Waals surface area contributed by atoms with Crippen molar-refractivity contribution in [2.24, 2.45) is 52.3 Å². The summed E-state index contributed by atoms with van der Waals surface area (Å²) in [7, 11) is 0. The van der Waals surface area contributed by atoms with Crippen molar-refractivity contribution in [1.82, 2.24) is 0 Å². The van der Waals surface area contributed by atoms with Crippen molar-refractivity contribution in [3.63, 3.8) is 0 Å². The fraction of sp³-hybridized carbons (Fsp3) is 1.00. The topological polar surface area (TPSA) is 445 Å². The summed E-state index contributed by atoms with van der Waals surface area (Å²) in [6.45, 7) is 7.51. The van der Waals surface area contributed by atoms with Crippen molar-refractivity contribution >= 4 is 0 Å². The van der Waals surface area contributed by atoms with Gasteiger partial charge in [0.25, 0.3) is 0 Å². The van der Waals surface area contributed by atoms with Crippen molar-refractivity contribution in [2.75, 3.05) is 33.0 Å². The average molecular weight is 1230 g/mol. The van der Waals surface area contributed by atoms with Crippen LogP contribution in [0.5, 0.6) is 0 Å². The summed E-state index contributed by atoms with van der Waals surface area (Å²) >= 11 is 0. The standard InChI is InChI=1S/C57H96O28/c1-21(19-75-50-43(69)40(66)36(62)30(16-58)79-50)8-13-57(74)22(2)34-29(85-57)15-28-26-7-6-24-14-25(9-11-55(24,4)27(26)10-12-56(28,34)5)78-54-49(84-53-46(72)42(68)38(64)32(18-60)81-53)47(73)48(83-52-45(71)39(65)35(61)23(3)77-52)33(82-54)20-76-51-44(70)41(67)37(63)31(17-59)80-51/h21-54,58-74H,6-20H2,1-5H3/t21?,22-,23-,24+,25-,26+,27-,28-,29-,30+,31+,32+,33+,34-,35+,36-,37+,38+,39+,40-,41-,42-,43+,44+,45+,46+,47-,48+,49+,50+,51+,52-,53-,54+,55-,56-,57+/m0/s1. The van der Waals surface area contributed by atoms with Crippen molar-refractivity contribution in [3.05, 3.63) is 0 Å². The molecular weight excluding hydrogens is 1130 g/mol. The van der Waals surface area contributed by atoms with Gasteiger partial charge in [0, 0.05) is 12.3 Å². The van der Waals surface area contributed by atoms with Crippen LogP contribution in [0.15, 0.2) is 0 Å². The van der Waals surface area contributed by atoms with Crippen molar-refractivity contribution in [2.45, 2.75) is 270 Å². The van der Waals surface area contributed by atoms with Crippen LogP contribution in [-0.2, 0) is 52.1 Å². The summed E-state index contributed by atoms with van der Waals surface area (Å²) in [6.07, 6.45) is -34.1. The lowest BCUT2D eigenvalue weighted by atomic mass is 9.44. The van der Waals surface area contributed by atoms with Gasteiger partial charge in [0.1, 0.15) is 116 Å². The van der Waals surface area contributed by atoms with Crippen molar-refractivity contribution in [3.8, 4) is 0 Å². The summed E-state index contributed by atoms with van der Waals surface area (Å²) in [5.74, 6) is -0.282. The van der Waals surface area contributed by atoms with Crippen molar-refractivity contribution in [1.29, 1.82) is 0 Å². The normalized spacial score (nSPS) is 55.8. The molecule has 6 saturated heterocycles. The molecule has 0 bridgehead atoms. The van der Waals surface area contributed by atoms with Gasteiger partial charge < -0.3 is 139 Å². The molecule has 492 valence electrons. The zero-order valence-corrected chi connectivity index (χ0v) is 48.8. The maximum Gasteiger partial charge on any atom is 0.187 e. The number of ether oxygens (including phenoxy) is 11. The highest BCUT2D eigenvalue weighted by molar-refractivity contribution is 5.15. The lowest BCUT2D eigenvalue weighted by Crippen LogP contribution is -2.67. The lowest BCUT2D eigenvalue weighted by Gasteiger charge is -2.61. The molecule has 0 aromatic carbocycles. The minimum atomic E-state index is -1.95. The zero-order chi connectivity index (χ0) is 61.5.